The molecule has 0 aromatic heterocycles. The van der Waals surface area contributed by atoms with Gasteiger partial charge in [-0.15, -0.1) is 0 Å². The van der Waals surface area contributed by atoms with Gasteiger partial charge in [0.1, 0.15) is 6.10 Å². The van der Waals surface area contributed by atoms with Crippen LogP contribution in [0.5, 0.6) is 0 Å². The SMILES string of the molecule is CC1CCC(OC(=O)C2CCC(C3CCC(C4CC[CH-]CC4)CC3)CC2)CC1.[Rf]. The van der Waals surface area contributed by atoms with Gasteiger partial charge < -0.3 is 11.2 Å². The van der Waals surface area contributed by atoms with Crippen molar-refractivity contribution in [2.24, 2.45) is 35.5 Å². The molecule has 0 aromatic carbocycles. The summed E-state index contributed by atoms with van der Waals surface area (Å²) in [5.74, 6) is 5.04. The number of ether oxygens (including phenoxy) is 1. The largest absolute Gasteiger partial charge is 0.462 e. The molecule has 4 saturated carbocycles. The molecule has 4 rings (SSSR count). The second-order valence-electron chi connectivity index (χ2n) is 10.8. The minimum absolute atomic E-state index is 0. The number of hydrogen-bond acceptors (Lipinski definition) is 2. The summed E-state index contributed by atoms with van der Waals surface area (Å²) in [6.45, 7) is 2.32. The Hall–Kier alpha value is -1.53. The van der Waals surface area contributed by atoms with E-state index in [2.05, 4.69) is 13.3 Å². The van der Waals surface area contributed by atoms with E-state index < -0.39 is 0 Å². The van der Waals surface area contributed by atoms with Gasteiger partial charge in [0.2, 0.25) is 0 Å². The van der Waals surface area contributed by atoms with Crippen molar-refractivity contribution in [3.8, 4) is 0 Å². The average molecular weight is 655 g/mol. The van der Waals surface area contributed by atoms with Crippen LogP contribution in [0.4, 0.5) is 0 Å². The first-order chi connectivity index (χ1) is 13.7. The third-order valence-electron chi connectivity index (χ3n) is 8.98. The number of hydrogen-bond donors (Lipinski definition) is 0. The minimum Gasteiger partial charge on any atom is -0.462 e. The van der Waals surface area contributed by atoms with Gasteiger partial charge in [0, 0.05) is 0 Å². The Morgan fingerprint density at radius 3 is 1.62 bits per heavy atom. The molecule has 0 aromatic rings. The second-order valence-corrected chi connectivity index (χ2v) is 10.8. The zero-order chi connectivity index (χ0) is 19.3. The molecule has 4 fully saturated rings. The van der Waals surface area contributed by atoms with Crippen LogP contribution < -0.4 is 0 Å². The molecule has 0 N–H and O–H groups in total. The maximum absolute atomic E-state index is 12.6. The molecule has 0 radical (unpaired) electrons. The van der Waals surface area contributed by atoms with Crippen LogP contribution in [0.1, 0.15) is 110 Å². The van der Waals surface area contributed by atoms with E-state index in [1.165, 1.54) is 77.0 Å². The molecule has 0 atom stereocenters. The van der Waals surface area contributed by atoms with E-state index in [0.717, 1.165) is 55.3 Å². The first-order valence-corrected chi connectivity index (χ1v) is 12.7. The molecule has 0 heterocycles. The predicted molar refractivity (Wildman–Crippen MR) is 115 cm³/mol. The van der Waals surface area contributed by atoms with E-state index in [4.69, 9.17) is 4.74 Å². The van der Waals surface area contributed by atoms with Crippen molar-refractivity contribution in [1.29, 1.82) is 0 Å². The Balaban J connectivity index is 0.00000240. The smallest absolute Gasteiger partial charge is 0.309 e. The molecule has 0 saturated heterocycles. The summed E-state index contributed by atoms with van der Waals surface area (Å²) >= 11 is 0. The summed E-state index contributed by atoms with van der Waals surface area (Å²) in [7, 11) is 0. The zero-order valence-electron chi connectivity index (χ0n) is 19.0. The third-order valence-corrected chi connectivity index (χ3v) is 8.98. The Kier molecular flexibility index (Phi) is 8.01. The van der Waals surface area contributed by atoms with E-state index in [0.29, 0.717) is 0 Å². The van der Waals surface area contributed by atoms with Crippen LogP contribution in [0.3, 0.4) is 0 Å². The van der Waals surface area contributed by atoms with Gasteiger partial charge in [-0.1, -0.05) is 19.8 Å². The maximum atomic E-state index is 12.6. The molecular weight excluding hydrogens is 611 g/mol. The molecule has 29 heavy (non-hydrogen) atoms. The molecule has 162 valence electrons. The van der Waals surface area contributed by atoms with Crippen LogP contribution in [0.25, 0.3) is 0 Å². The fraction of sp³-hybridized carbons (Fsp3) is 0.923. The molecule has 4 aliphatic rings. The van der Waals surface area contributed by atoms with Crippen molar-refractivity contribution in [3.05, 3.63) is 6.42 Å². The van der Waals surface area contributed by atoms with E-state index in [1.807, 2.05) is 0 Å². The molecule has 0 bridgehead atoms. The molecule has 3 heteroatoms. The Bertz CT molecular complexity index is 477. The zero-order valence-corrected chi connectivity index (χ0v) is 25.4. The summed E-state index contributed by atoms with van der Waals surface area (Å²) in [4.78, 5) is 12.6. The fourth-order valence-electron chi connectivity index (χ4n) is 6.95. The van der Waals surface area contributed by atoms with E-state index in [-0.39, 0.29) is 18.0 Å². The van der Waals surface area contributed by atoms with Gasteiger partial charge >= 0.3 is 5.97 Å². The Labute approximate surface area is 173 Å². The van der Waals surface area contributed by atoms with E-state index in [9.17, 15) is 4.79 Å². The molecule has 0 spiro atoms. The standard InChI is InChI=1S/C26H43O2.Rf/c1-19-7-17-25(18-8-19)28-26(27)24-15-13-23(14-16-24)22-11-9-21(10-12-22)20-5-3-2-4-6-20;/h2,19-25H,3-18H2,1H3;/q-1;. The first kappa shape index (κ1) is 22.2. The fourth-order valence-corrected chi connectivity index (χ4v) is 6.95. The van der Waals surface area contributed by atoms with Crippen molar-refractivity contribution in [2.75, 3.05) is 0 Å². The van der Waals surface area contributed by atoms with Gasteiger partial charge in [-0.05, 0) is 107 Å². The summed E-state index contributed by atoms with van der Waals surface area (Å²) in [6, 6.07) is 0. The first-order valence-electron chi connectivity index (χ1n) is 12.7. The molecule has 0 amide bonds. The number of carbonyl (C=O) groups excluding carboxylic acids is 1. The number of esters is 1. The average Bonchev–Trinajstić information content (AvgIpc) is 2.76. The molecule has 4 aliphatic carbocycles. The maximum Gasteiger partial charge on any atom is 0.309 e. The molecule has 0 unspecified atom stereocenters. The third kappa shape index (κ3) is 5.76. The van der Waals surface area contributed by atoms with Crippen LogP contribution in [-0.4, -0.2) is 12.1 Å². The van der Waals surface area contributed by atoms with Crippen molar-refractivity contribution < 1.29 is 9.53 Å². The molecule has 2 nitrogen and oxygen atoms in total. The number of carbonyl (C=O) groups is 1. The van der Waals surface area contributed by atoms with Crippen LogP contribution in [-0.2, 0) is 9.53 Å². The van der Waals surface area contributed by atoms with Crippen molar-refractivity contribution >= 4 is 5.97 Å². The predicted octanol–water partition coefficient (Wildman–Crippen LogP) is 7.12. The summed E-state index contributed by atoms with van der Waals surface area (Å²) in [5, 5.41) is 0. The van der Waals surface area contributed by atoms with Crippen molar-refractivity contribution in [3.63, 3.8) is 0 Å². The van der Waals surface area contributed by atoms with Gasteiger partial charge in [-0.25, -0.2) is 0 Å². The quantitative estimate of drug-likeness (QED) is 0.239. The van der Waals surface area contributed by atoms with E-state index in [1.54, 1.807) is 0 Å². The van der Waals surface area contributed by atoms with Crippen molar-refractivity contribution in [1.82, 2.24) is 0 Å². The van der Waals surface area contributed by atoms with Gasteiger partial charge in [-0.3, -0.25) is 4.79 Å². The molecular formula is C26H43O2Rf-. The Morgan fingerprint density at radius 2 is 1.10 bits per heavy atom. The second kappa shape index (κ2) is 10.5. The van der Waals surface area contributed by atoms with Crippen LogP contribution in [0.2, 0.25) is 0 Å². The molecule has 0 aliphatic heterocycles. The summed E-state index contributed by atoms with van der Waals surface area (Å²) in [6.07, 6.45) is 23.6. The van der Waals surface area contributed by atoms with Gasteiger partial charge in [0.05, 0.1) is 5.92 Å². The monoisotopic (exact) mass is 654 g/mol. The Morgan fingerprint density at radius 1 is 0.655 bits per heavy atom. The number of rotatable bonds is 4. The topological polar surface area (TPSA) is 26.3 Å². The minimum atomic E-state index is 0. The van der Waals surface area contributed by atoms with Crippen LogP contribution >= 0.6 is 0 Å². The van der Waals surface area contributed by atoms with Crippen LogP contribution in [0, 0.1) is 41.9 Å². The summed E-state index contributed by atoms with van der Waals surface area (Å²) < 4.78 is 5.90. The van der Waals surface area contributed by atoms with Gasteiger partial charge in [0.15, 0.2) is 0 Å². The summed E-state index contributed by atoms with van der Waals surface area (Å²) in [5.41, 5.74) is 0. The van der Waals surface area contributed by atoms with Gasteiger partial charge in [0.25, 0.3) is 0 Å². The van der Waals surface area contributed by atoms with Crippen LogP contribution in [0.15, 0.2) is 0 Å². The van der Waals surface area contributed by atoms with Crippen molar-refractivity contribution in [2.45, 2.75) is 116 Å². The van der Waals surface area contributed by atoms with E-state index >= 15 is 0 Å². The normalized spacial score (nSPS) is 39.3. The van der Waals surface area contributed by atoms with Gasteiger partial charge in [-0.2, -0.15) is 12.8 Å².